The van der Waals surface area contributed by atoms with E-state index >= 15 is 0 Å². The van der Waals surface area contributed by atoms with E-state index in [1.807, 2.05) is 0 Å². The molecule has 1 heterocycles. The fraction of sp³-hybridized carbons (Fsp3) is 0.267. The number of aromatic nitrogens is 2. The number of rotatable bonds is 4. The second-order valence-electron chi connectivity index (χ2n) is 4.74. The zero-order valence-electron chi connectivity index (χ0n) is 11.7. The first-order valence-corrected chi connectivity index (χ1v) is 6.74. The molecule has 0 saturated heterocycles. The number of carboxylic acids is 1. The van der Waals surface area contributed by atoms with Gasteiger partial charge in [-0.05, 0) is 26.0 Å². The minimum atomic E-state index is -0.935. The average molecular weight is 309 g/mol. The number of hydrogen-bond acceptors (Lipinski definition) is 3. The number of halogens is 2. The molecule has 0 aliphatic carbocycles. The Kier molecular flexibility index (Phi) is 4.53. The number of aryl methyl sites for hydroxylation is 2. The summed E-state index contributed by atoms with van der Waals surface area (Å²) < 4.78 is 13.8. The first-order chi connectivity index (χ1) is 9.88. The van der Waals surface area contributed by atoms with E-state index in [0.29, 0.717) is 33.4 Å². The van der Waals surface area contributed by atoms with Gasteiger partial charge >= 0.3 is 5.97 Å². The lowest BCUT2D eigenvalue weighted by molar-refractivity contribution is -0.136. The maximum atomic E-state index is 13.8. The van der Waals surface area contributed by atoms with Gasteiger partial charge in [0.2, 0.25) is 0 Å². The summed E-state index contributed by atoms with van der Waals surface area (Å²) in [7, 11) is 0. The number of nitrogens with zero attached hydrogens (tertiary/aromatic N) is 2. The van der Waals surface area contributed by atoms with E-state index < -0.39 is 11.8 Å². The molecule has 110 valence electrons. The maximum absolute atomic E-state index is 13.8. The first kappa shape index (κ1) is 15.4. The van der Waals surface area contributed by atoms with E-state index in [4.69, 9.17) is 16.7 Å². The van der Waals surface area contributed by atoms with Crippen LogP contribution in [-0.4, -0.2) is 21.0 Å². The van der Waals surface area contributed by atoms with Gasteiger partial charge in [-0.3, -0.25) is 4.79 Å². The smallest absolute Gasteiger partial charge is 0.307 e. The highest BCUT2D eigenvalue weighted by molar-refractivity contribution is 6.31. The summed E-state index contributed by atoms with van der Waals surface area (Å²) >= 11 is 5.99. The zero-order chi connectivity index (χ0) is 15.6. The molecule has 2 rings (SSSR count). The van der Waals surface area contributed by atoms with E-state index in [1.54, 1.807) is 19.9 Å². The lowest BCUT2D eigenvalue weighted by Gasteiger charge is -2.10. The molecule has 0 aliphatic heterocycles. The number of carboxylic acid groups (broad SMARTS) is 1. The predicted octanol–water partition coefficient (Wildman–Crippen LogP) is 3.10. The molecule has 0 amide bonds. The predicted molar refractivity (Wildman–Crippen MR) is 77.1 cm³/mol. The molecule has 2 aromatic rings. The highest BCUT2D eigenvalue weighted by atomic mass is 35.5. The molecule has 0 unspecified atom stereocenters. The number of hydrogen-bond donors (Lipinski definition) is 1. The molecule has 1 aromatic heterocycles. The van der Waals surface area contributed by atoms with Gasteiger partial charge in [-0.2, -0.15) is 0 Å². The van der Waals surface area contributed by atoms with Crippen LogP contribution in [0.3, 0.4) is 0 Å². The molecule has 1 aromatic carbocycles. The van der Waals surface area contributed by atoms with Gasteiger partial charge in [0.25, 0.3) is 0 Å². The Labute approximate surface area is 126 Å². The van der Waals surface area contributed by atoms with Crippen molar-refractivity contribution in [2.24, 2.45) is 0 Å². The van der Waals surface area contributed by atoms with Crippen molar-refractivity contribution in [3.05, 3.63) is 57.4 Å². The van der Waals surface area contributed by atoms with Crippen LogP contribution in [0.5, 0.6) is 0 Å². The topological polar surface area (TPSA) is 63.1 Å². The van der Waals surface area contributed by atoms with E-state index in [-0.39, 0.29) is 12.8 Å². The van der Waals surface area contributed by atoms with Crippen LogP contribution in [0.15, 0.2) is 18.2 Å². The third-order valence-electron chi connectivity index (χ3n) is 3.19. The quantitative estimate of drug-likeness (QED) is 0.942. The van der Waals surface area contributed by atoms with Crippen molar-refractivity contribution in [1.29, 1.82) is 0 Å². The van der Waals surface area contributed by atoms with Crippen LogP contribution < -0.4 is 0 Å². The molecule has 1 N–H and O–H groups in total. The number of carbonyl (C=O) groups is 1. The minimum Gasteiger partial charge on any atom is -0.481 e. The average Bonchev–Trinajstić information content (AvgIpc) is 2.38. The van der Waals surface area contributed by atoms with Crippen molar-refractivity contribution < 1.29 is 14.3 Å². The standard InChI is InChI=1S/C15H14ClFN2O2/c1-8-10(7-15(20)21)9(2)19-14(18-8)6-11-12(16)4-3-5-13(11)17/h3-5H,6-7H2,1-2H3,(H,20,21). The second kappa shape index (κ2) is 6.18. The zero-order valence-corrected chi connectivity index (χ0v) is 12.4. The molecule has 4 nitrogen and oxygen atoms in total. The molecule has 0 fully saturated rings. The normalized spacial score (nSPS) is 10.7. The first-order valence-electron chi connectivity index (χ1n) is 6.36. The van der Waals surface area contributed by atoms with Crippen molar-refractivity contribution in [1.82, 2.24) is 9.97 Å². The summed E-state index contributed by atoms with van der Waals surface area (Å²) in [4.78, 5) is 19.3. The second-order valence-corrected chi connectivity index (χ2v) is 5.14. The molecule has 0 radical (unpaired) electrons. The van der Waals surface area contributed by atoms with E-state index in [9.17, 15) is 9.18 Å². The van der Waals surface area contributed by atoms with Gasteiger partial charge in [0.15, 0.2) is 0 Å². The van der Waals surface area contributed by atoms with Crippen molar-refractivity contribution in [2.45, 2.75) is 26.7 Å². The molecular formula is C15H14ClFN2O2. The number of benzene rings is 1. The summed E-state index contributed by atoms with van der Waals surface area (Å²) in [6.45, 7) is 3.44. The lowest BCUT2D eigenvalue weighted by atomic mass is 10.1. The van der Waals surface area contributed by atoms with E-state index in [2.05, 4.69) is 9.97 Å². The SMILES string of the molecule is Cc1nc(Cc2c(F)cccc2Cl)nc(C)c1CC(=O)O. The molecule has 6 heteroatoms. The summed E-state index contributed by atoms with van der Waals surface area (Å²) in [5, 5.41) is 9.19. The molecule has 0 saturated carbocycles. The van der Waals surface area contributed by atoms with Crippen molar-refractivity contribution in [2.75, 3.05) is 0 Å². The van der Waals surface area contributed by atoms with Crippen LogP contribution in [-0.2, 0) is 17.6 Å². The summed E-state index contributed by atoms with van der Waals surface area (Å²) in [5.41, 5.74) is 2.11. The van der Waals surface area contributed by atoms with Gasteiger partial charge in [-0.1, -0.05) is 17.7 Å². The van der Waals surface area contributed by atoms with Crippen LogP contribution in [0, 0.1) is 19.7 Å². The van der Waals surface area contributed by atoms with Gasteiger partial charge in [-0.25, -0.2) is 14.4 Å². The van der Waals surface area contributed by atoms with Crippen LogP contribution in [0.4, 0.5) is 4.39 Å². The van der Waals surface area contributed by atoms with Gasteiger partial charge < -0.3 is 5.11 Å². The third-order valence-corrected chi connectivity index (χ3v) is 3.55. The van der Waals surface area contributed by atoms with Crippen LogP contribution in [0.2, 0.25) is 5.02 Å². The molecule has 0 aliphatic rings. The fourth-order valence-electron chi connectivity index (χ4n) is 2.15. The molecular weight excluding hydrogens is 295 g/mol. The molecule has 0 atom stereocenters. The Bertz CT molecular complexity index is 661. The largest absolute Gasteiger partial charge is 0.481 e. The van der Waals surface area contributed by atoms with Crippen molar-refractivity contribution >= 4 is 17.6 Å². The Morgan fingerprint density at radius 1 is 1.24 bits per heavy atom. The van der Waals surface area contributed by atoms with Gasteiger partial charge in [-0.15, -0.1) is 0 Å². The summed E-state index contributed by atoms with van der Waals surface area (Å²) in [6, 6.07) is 4.48. The lowest BCUT2D eigenvalue weighted by Crippen LogP contribution is -2.10. The highest BCUT2D eigenvalue weighted by Crippen LogP contribution is 2.22. The number of aliphatic carboxylic acids is 1. The van der Waals surface area contributed by atoms with E-state index in [0.717, 1.165) is 0 Å². The van der Waals surface area contributed by atoms with Crippen molar-refractivity contribution in [3.8, 4) is 0 Å². The maximum Gasteiger partial charge on any atom is 0.307 e. The Hall–Kier alpha value is -2.01. The fourth-order valence-corrected chi connectivity index (χ4v) is 2.38. The van der Waals surface area contributed by atoms with Crippen LogP contribution in [0.1, 0.15) is 28.3 Å². The minimum absolute atomic E-state index is 0.127. The van der Waals surface area contributed by atoms with E-state index in [1.165, 1.54) is 12.1 Å². The van der Waals surface area contributed by atoms with Gasteiger partial charge in [0, 0.05) is 34.0 Å². The van der Waals surface area contributed by atoms with Gasteiger partial charge in [0.1, 0.15) is 11.6 Å². The summed E-state index contributed by atoms with van der Waals surface area (Å²) in [6.07, 6.45) is 0.0406. The molecule has 0 spiro atoms. The van der Waals surface area contributed by atoms with Crippen LogP contribution in [0.25, 0.3) is 0 Å². The Balaban J connectivity index is 2.36. The van der Waals surface area contributed by atoms with Crippen LogP contribution >= 0.6 is 11.6 Å². The Morgan fingerprint density at radius 3 is 2.38 bits per heavy atom. The molecule has 0 bridgehead atoms. The van der Waals surface area contributed by atoms with Crippen molar-refractivity contribution in [3.63, 3.8) is 0 Å². The monoisotopic (exact) mass is 308 g/mol. The molecule has 21 heavy (non-hydrogen) atoms. The highest BCUT2D eigenvalue weighted by Gasteiger charge is 2.14. The van der Waals surface area contributed by atoms with Gasteiger partial charge in [0.05, 0.1) is 6.42 Å². The summed E-state index contributed by atoms with van der Waals surface area (Å²) in [5.74, 6) is -0.920. The Morgan fingerprint density at radius 2 is 1.86 bits per heavy atom. The third kappa shape index (κ3) is 3.55.